The van der Waals surface area contributed by atoms with Crippen molar-refractivity contribution in [1.29, 1.82) is 0 Å². The molecule has 12 heavy (non-hydrogen) atoms. The van der Waals surface area contributed by atoms with Gasteiger partial charge in [0.1, 0.15) is 0 Å². The molecule has 1 unspecified atom stereocenters. The van der Waals surface area contributed by atoms with Gasteiger partial charge < -0.3 is 15.0 Å². The van der Waals surface area contributed by atoms with Gasteiger partial charge in [-0.25, -0.2) is 0 Å². The second kappa shape index (κ2) is 2.73. The van der Waals surface area contributed by atoms with E-state index < -0.39 is 0 Å². The molecule has 0 aromatic carbocycles. The first-order valence-corrected chi connectivity index (χ1v) is 4.37. The van der Waals surface area contributed by atoms with Gasteiger partial charge in [0.2, 0.25) is 6.23 Å². The average Bonchev–Trinajstić information content (AvgIpc) is 2.83. The third kappa shape index (κ3) is 1.15. The molecule has 0 spiro atoms. The monoisotopic (exact) mass is 166 g/mol. The van der Waals surface area contributed by atoms with Gasteiger partial charge >= 0.3 is 0 Å². The van der Waals surface area contributed by atoms with Crippen molar-refractivity contribution in [3.05, 3.63) is 23.7 Å². The zero-order chi connectivity index (χ0) is 8.55. The topological polar surface area (TPSA) is 27.8 Å². The Hall–Kier alpha value is -1.12. The molecule has 0 bridgehead atoms. The molecule has 3 nitrogen and oxygen atoms in total. The van der Waals surface area contributed by atoms with Crippen LogP contribution < -0.4 is 5.32 Å². The summed E-state index contributed by atoms with van der Waals surface area (Å²) in [5, 5.41) is 3.32. The Morgan fingerprint density at radius 2 is 2.50 bits per heavy atom. The zero-order valence-electron chi connectivity index (χ0n) is 7.50. The van der Waals surface area contributed by atoms with Crippen molar-refractivity contribution in [2.24, 2.45) is 0 Å². The highest BCUT2D eigenvalue weighted by molar-refractivity contribution is 5.33. The van der Waals surface area contributed by atoms with Crippen LogP contribution in [-0.4, -0.2) is 24.7 Å². The van der Waals surface area contributed by atoms with E-state index >= 15 is 0 Å². The summed E-state index contributed by atoms with van der Waals surface area (Å²) in [7, 11) is 2.02. The van der Waals surface area contributed by atoms with E-state index in [1.807, 2.05) is 13.2 Å². The lowest BCUT2D eigenvalue weighted by molar-refractivity contribution is 0.275. The molecule has 0 saturated carbocycles. The Balaban J connectivity index is 1.99. The lowest BCUT2D eigenvalue weighted by Crippen LogP contribution is -2.21. The molecule has 0 amide bonds. The summed E-state index contributed by atoms with van der Waals surface area (Å²) in [6.07, 6.45) is 5.47. The summed E-state index contributed by atoms with van der Waals surface area (Å²) in [6, 6.07) is 0. The van der Waals surface area contributed by atoms with E-state index in [1.165, 1.54) is 0 Å². The fraction of sp³-hybridized carbons (Fsp3) is 0.556. The van der Waals surface area contributed by atoms with Crippen molar-refractivity contribution >= 4 is 0 Å². The molecule has 1 saturated heterocycles. The largest absolute Gasteiger partial charge is 0.459 e. The molecule has 66 valence electrons. The van der Waals surface area contributed by atoms with Gasteiger partial charge in [-0.05, 0) is 12.5 Å². The number of hydrogen-bond acceptors (Lipinski definition) is 3. The number of hydrogen-bond donors (Lipinski definition) is 1. The number of nitrogens with zero attached hydrogens (tertiary/aromatic N) is 1. The highest BCUT2D eigenvalue weighted by atomic mass is 16.6. The van der Waals surface area contributed by atoms with Gasteiger partial charge in [-0.15, -0.1) is 0 Å². The highest BCUT2D eigenvalue weighted by Gasteiger charge is 2.40. The minimum atomic E-state index is 0.217. The summed E-state index contributed by atoms with van der Waals surface area (Å²) in [4.78, 5) is 2.06. The van der Waals surface area contributed by atoms with Gasteiger partial charge in [0, 0.05) is 19.8 Å². The number of rotatable bonds is 3. The third-order valence-electron chi connectivity index (χ3n) is 2.08. The van der Waals surface area contributed by atoms with Crippen LogP contribution in [-0.2, 0) is 4.74 Å². The number of fused-ring (bicyclic) bond motifs is 1. The van der Waals surface area contributed by atoms with E-state index in [2.05, 4.69) is 23.2 Å². The van der Waals surface area contributed by atoms with Crippen molar-refractivity contribution < 1.29 is 4.74 Å². The molecule has 2 aliphatic rings. The Labute approximate surface area is 72.7 Å². The van der Waals surface area contributed by atoms with Crippen LogP contribution in [0.5, 0.6) is 0 Å². The van der Waals surface area contributed by atoms with E-state index in [0.717, 1.165) is 24.4 Å². The van der Waals surface area contributed by atoms with Crippen LogP contribution >= 0.6 is 0 Å². The van der Waals surface area contributed by atoms with Crippen LogP contribution in [0.1, 0.15) is 13.3 Å². The number of allylic oxidation sites excluding steroid dienone is 1. The Bertz CT molecular complexity index is 245. The van der Waals surface area contributed by atoms with Crippen molar-refractivity contribution in [3.63, 3.8) is 0 Å². The fourth-order valence-electron chi connectivity index (χ4n) is 1.31. The Kier molecular flexibility index (Phi) is 1.71. The molecule has 0 aliphatic carbocycles. The standard InChI is InChI=1S/C9H14N2O/c1-3-5-10-7-4-6-11(2)9-8(7)12-9/h4,6,9-10H,3,5H2,1-2H3. The summed E-state index contributed by atoms with van der Waals surface area (Å²) >= 11 is 0. The van der Waals surface area contributed by atoms with Gasteiger partial charge in [0.05, 0.1) is 5.70 Å². The smallest absolute Gasteiger partial charge is 0.232 e. The second-order valence-electron chi connectivity index (χ2n) is 3.16. The highest BCUT2D eigenvalue weighted by Crippen LogP contribution is 2.35. The maximum atomic E-state index is 5.38. The van der Waals surface area contributed by atoms with Gasteiger partial charge in [0.25, 0.3) is 0 Å². The van der Waals surface area contributed by atoms with Crippen molar-refractivity contribution in [3.8, 4) is 0 Å². The molecular formula is C9H14N2O. The number of nitrogens with one attached hydrogen (secondary N) is 1. The molecule has 3 heteroatoms. The van der Waals surface area contributed by atoms with Crippen molar-refractivity contribution in [1.82, 2.24) is 10.2 Å². The first-order chi connectivity index (χ1) is 5.83. The Morgan fingerprint density at radius 1 is 1.67 bits per heavy atom. The van der Waals surface area contributed by atoms with Crippen LogP contribution in [0.2, 0.25) is 0 Å². The number of epoxide rings is 1. The van der Waals surface area contributed by atoms with E-state index in [1.54, 1.807) is 0 Å². The molecule has 0 aromatic heterocycles. The zero-order valence-corrected chi connectivity index (χ0v) is 7.50. The average molecular weight is 166 g/mol. The molecule has 0 radical (unpaired) electrons. The minimum absolute atomic E-state index is 0.217. The second-order valence-corrected chi connectivity index (χ2v) is 3.16. The first-order valence-electron chi connectivity index (χ1n) is 4.37. The van der Waals surface area contributed by atoms with E-state index in [-0.39, 0.29) is 6.23 Å². The lowest BCUT2D eigenvalue weighted by atomic mass is 10.3. The van der Waals surface area contributed by atoms with Gasteiger partial charge in [-0.3, -0.25) is 0 Å². The quantitative estimate of drug-likeness (QED) is 0.634. The SMILES string of the molecule is CCCNC1=C2OC2N(C)C=C1. The summed E-state index contributed by atoms with van der Waals surface area (Å²) in [5.41, 5.74) is 1.15. The summed E-state index contributed by atoms with van der Waals surface area (Å²) in [5.74, 6) is 1.09. The predicted octanol–water partition coefficient (Wildman–Crippen LogP) is 1.01. The molecule has 2 heterocycles. The van der Waals surface area contributed by atoms with E-state index in [9.17, 15) is 0 Å². The molecule has 2 rings (SSSR count). The Morgan fingerprint density at radius 3 is 3.25 bits per heavy atom. The molecule has 1 N–H and O–H groups in total. The van der Waals surface area contributed by atoms with Crippen molar-refractivity contribution in [2.45, 2.75) is 19.6 Å². The summed E-state index contributed by atoms with van der Waals surface area (Å²) < 4.78 is 5.38. The van der Waals surface area contributed by atoms with Crippen LogP contribution in [0.3, 0.4) is 0 Å². The van der Waals surface area contributed by atoms with Gasteiger partial charge in [-0.1, -0.05) is 6.92 Å². The maximum absolute atomic E-state index is 5.38. The molecule has 0 aromatic rings. The number of ether oxygens (including phenoxy) is 1. The molecule has 1 fully saturated rings. The van der Waals surface area contributed by atoms with Crippen LogP contribution in [0, 0.1) is 0 Å². The predicted molar refractivity (Wildman–Crippen MR) is 47.1 cm³/mol. The van der Waals surface area contributed by atoms with Crippen LogP contribution in [0.25, 0.3) is 0 Å². The fourth-order valence-corrected chi connectivity index (χ4v) is 1.31. The normalized spacial score (nSPS) is 25.2. The van der Waals surface area contributed by atoms with Gasteiger partial charge in [-0.2, -0.15) is 0 Å². The molecule has 2 aliphatic heterocycles. The maximum Gasteiger partial charge on any atom is 0.232 e. The first kappa shape index (κ1) is 7.53. The third-order valence-corrected chi connectivity index (χ3v) is 2.08. The van der Waals surface area contributed by atoms with Crippen LogP contribution in [0.4, 0.5) is 0 Å². The molecule has 1 atom stereocenters. The van der Waals surface area contributed by atoms with Crippen LogP contribution in [0.15, 0.2) is 23.7 Å². The minimum Gasteiger partial charge on any atom is -0.459 e. The number of likely N-dealkylation sites (N-methyl/N-ethyl adjacent to an activating group) is 1. The lowest BCUT2D eigenvalue weighted by Gasteiger charge is -2.12. The molecular weight excluding hydrogens is 152 g/mol. The van der Waals surface area contributed by atoms with E-state index in [4.69, 9.17) is 4.74 Å². The summed E-state index contributed by atoms with van der Waals surface area (Å²) in [6.45, 7) is 3.17. The van der Waals surface area contributed by atoms with E-state index in [0.29, 0.717) is 0 Å². The van der Waals surface area contributed by atoms with Crippen molar-refractivity contribution in [2.75, 3.05) is 13.6 Å². The van der Waals surface area contributed by atoms with Gasteiger partial charge in [0.15, 0.2) is 5.76 Å².